The van der Waals surface area contributed by atoms with Gasteiger partial charge in [0.25, 0.3) is 0 Å². The molecule has 0 amide bonds. The topological polar surface area (TPSA) is 51.0 Å². The molecule has 0 radical (unpaired) electrons. The van der Waals surface area contributed by atoms with Crippen molar-refractivity contribution >= 4 is 11.9 Å². The maximum Gasteiger partial charge on any atom is 0.128 e. The molecule has 2 rings (SSSR count). The van der Waals surface area contributed by atoms with Gasteiger partial charge in [0.1, 0.15) is 17.2 Å². The van der Waals surface area contributed by atoms with E-state index in [-0.39, 0.29) is 5.75 Å². The molecular weight excluding hydrogens is 374 g/mol. The molecule has 0 unspecified atom stereocenters. The number of hydrogen-bond donors (Lipinski definition) is 1. The second kappa shape index (κ2) is 13.7. The zero-order valence-corrected chi connectivity index (χ0v) is 18.8. The first-order valence-corrected chi connectivity index (χ1v) is 11.3. The fourth-order valence-electron chi connectivity index (χ4n) is 2.92. The second-order valence-corrected chi connectivity index (χ2v) is 7.91. The first-order chi connectivity index (χ1) is 14.6. The monoisotopic (exact) mass is 411 g/mol. The number of aromatic hydroxyl groups is 1. The first-order valence-electron chi connectivity index (χ1n) is 11.3. The van der Waals surface area contributed by atoms with E-state index in [4.69, 9.17) is 9.47 Å². The molecule has 0 spiro atoms. The molecule has 4 nitrogen and oxygen atoms in total. The van der Waals surface area contributed by atoms with Crippen molar-refractivity contribution < 1.29 is 14.6 Å². The standard InChI is InChI=1S/C26H37NO3/c1-4-6-7-8-9-10-17-29-25-14-11-22(26(28)18-25)19-27-23-12-15-24(16-13-23)30-20-21(3)5-2/h11-16,18-19,21,28H,4-10,17,20H2,1-3H3/t21-/m0/s1. The molecule has 0 saturated heterocycles. The molecule has 0 heterocycles. The normalized spacial score (nSPS) is 12.2. The summed E-state index contributed by atoms with van der Waals surface area (Å²) in [6.45, 7) is 7.97. The maximum atomic E-state index is 10.3. The number of phenolic OH excluding ortho intramolecular Hbond substituents is 1. The second-order valence-electron chi connectivity index (χ2n) is 7.91. The largest absolute Gasteiger partial charge is 0.507 e. The van der Waals surface area contributed by atoms with Crippen LogP contribution >= 0.6 is 0 Å². The molecule has 0 bridgehead atoms. The smallest absolute Gasteiger partial charge is 0.128 e. The van der Waals surface area contributed by atoms with Crippen LogP contribution in [0.4, 0.5) is 5.69 Å². The molecule has 1 N–H and O–H groups in total. The Kier molecular flexibility index (Phi) is 10.8. The maximum absolute atomic E-state index is 10.3. The molecule has 4 heteroatoms. The van der Waals surface area contributed by atoms with Crippen molar-refractivity contribution in [3.8, 4) is 17.2 Å². The zero-order chi connectivity index (χ0) is 21.6. The highest BCUT2D eigenvalue weighted by Crippen LogP contribution is 2.24. The molecule has 0 saturated carbocycles. The van der Waals surface area contributed by atoms with Crippen LogP contribution in [0.3, 0.4) is 0 Å². The van der Waals surface area contributed by atoms with E-state index in [1.54, 1.807) is 12.3 Å². The van der Waals surface area contributed by atoms with Gasteiger partial charge >= 0.3 is 0 Å². The van der Waals surface area contributed by atoms with Gasteiger partial charge in [-0.25, -0.2) is 0 Å². The summed E-state index contributed by atoms with van der Waals surface area (Å²) in [5, 5.41) is 10.3. The Balaban J connectivity index is 1.80. The number of hydrogen-bond acceptors (Lipinski definition) is 4. The third kappa shape index (κ3) is 8.89. The lowest BCUT2D eigenvalue weighted by Gasteiger charge is -2.10. The Morgan fingerprint density at radius 3 is 2.30 bits per heavy atom. The summed E-state index contributed by atoms with van der Waals surface area (Å²) in [4.78, 5) is 4.45. The number of benzene rings is 2. The Morgan fingerprint density at radius 2 is 1.60 bits per heavy atom. The van der Waals surface area contributed by atoms with Crippen molar-refractivity contribution in [3.63, 3.8) is 0 Å². The molecule has 0 aliphatic rings. The molecule has 0 fully saturated rings. The Bertz CT molecular complexity index is 755. The minimum absolute atomic E-state index is 0.174. The number of ether oxygens (including phenoxy) is 2. The van der Waals surface area contributed by atoms with Crippen molar-refractivity contribution in [3.05, 3.63) is 48.0 Å². The van der Waals surface area contributed by atoms with Gasteiger partial charge in [0, 0.05) is 17.8 Å². The van der Waals surface area contributed by atoms with E-state index in [2.05, 4.69) is 25.8 Å². The van der Waals surface area contributed by atoms with Gasteiger partial charge in [-0.05, 0) is 48.7 Å². The van der Waals surface area contributed by atoms with E-state index in [1.165, 1.54) is 32.1 Å². The molecule has 0 aliphatic heterocycles. The van der Waals surface area contributed by atoms with Crippen molar-refractivity contribution in [1.82, 2.24) is 0 Å². The minimum atomic E-state index is 0.174. The summed E-state index contributed by atoms with van der Waals surface area (Å²) in [5.74, 6) is 2.26. The van der Waals surface area contributed by atoms with Crippen molar-refractivity contribution in [1.29, 1.82) is 0 Å². The molecule has 2 aromatic rings. The van der Waals surface area contributed by atoms with E-state index in [1.807, 2.05) is 36.4 Å². The number of nitrogens with zero attached hydrogens (tertiary/aromatic N) is 1. The molecule has 2 aromatic carbocycles. The lowest BCUT2D eigenvalue weighted by atomic mass is 10.1. The Hall–Kier alpha value is -2.49. The predicted molar refractivity (Wildman–Crippen MR) is 126 cm³/mol. The van der Waals surface area contributed by atoms with Crippen LogP contribution in [0.15, 0.2) is 47.5 Å². The van der Waals surface area contributed by atoms with Crippen LogP contribution in [0, 0.1) is 5.92 Å². The highest BCUT2D eigenvalue weighted by Gasteiger charge is 2.03. The van der Waals surface area contributed by atoms with Crippen LogP contribution in [-0.2, 0) is 0 Å². The van der Waals surface area contributed by atoms with E-state index in [9.17, 15) is 5.11 Å². The summed E-state index contributed by atoms with van der Waals surface area (Å²) in [6, 6.07) is 13.0. The number of aliphatic imine (C=N–C) groups is 1. The summed E-state index contributed by atoms with van der Waals surface area (Å²) in [5.41, 5.74) is 1.48. The van der Waals surface area contributed by atoms with Crippen LogP contribution in [0.2, 0.25) is 0 Å². The van der Waals surface area contributed by atoms with Gasteiger partial charge in [-0.3, -0.25) is 4.99 Å². The van der Waals surface area contributed by atoms with Crippen LogP contribution < -0.4 is 9.47 Å². The Morgan fingerprint density at radius 1 is 0.900 bits per heavy atom. The summed E-state index contributed by atoms with van der Waals surface area (Å²) in [6.07, 6.45) is 10.2. The number of unbranched alkanes of at least 4 members (excludes halogenated alkanes) is 5. The van der Waals surface area contributed by atoms with Crippen molar-refractivity contribution in [2.75, 3.05) is 13.2 Å². The van der Waals surface area contributed by atoms with Gasteiger partial charge < -0.3 is 14.6 Å². The Labute approximate surface area is 182 Å². The average Bonchev–Trinajstić information content (AvgIpc) is 2.77. The van der Waals surface area contributed by atoms with Gasteiger partial charge in [0.2, 0.25) is 0 Å². The third-order valence-electron chi connectivity index (χ3n) is 5.19. The molecule has 1 atom stereocenters. The van der Waals surface area contributed by atoms with Gasteiger partial charge in [-0.15, -0.1) is 0 Å². The van der Waals surface area contributed by atoms with E-state index >= 15 is 0 Å². The summed E-state index contributed by atoms with van der Waals surface area (Å²) < 4.78 is 11.5. The number of phenols is 1. The van der Waals surface area contributed by atoms with Crippen LogP contribution in [0.25, 0.3) is 0 Å². The first kappa shape index (κ1) is 23.8. The van der Waals surface area contributed by atoms with Crippen LogP contribution in [-0.4, -0.2) is 24.5 Å². The molecule has 164 valence electrons. The van der Waals surface area contributed by atoms with Crippen LogP contribution in [0.1, 0.15) is 71.3 Å². The van der Waals surface area contributed by atoms with Gasteiger partial charge in [-0.1, -0.05) is 59.3 Å². The fourth-order valence-corrected chi connectivity index (χ4v) is 2.92. The van der Waals surface area contributed by atoms with Gasteiger partial charge in [0.05, 0.1) is 18.9 Å². The lowest BCUT2D eigenvalue weighted by molar-refractivity contribution is 0.256. The van der Waals surface area contributed by atoms with E-state index < -0.39 is 0 Å². The summed E-state index contributed by atoms with van der Waals surface area (Å²) >= 11 is 0. The zero-order valence-electron chi connectivity index (χ0n) is 18.8. The van der Waals surface area contributed by atoms with Crippen molar-refractivity contribution in [2.45, 2.75) is 65.7 Å². The minimum Gasteiger partial charge on any atom is -0.507 e. The lowest BCUT2D eigenvalue weighted by Crippen LogP contribution is -2.06. The summed E-state index contributed by atoms with van der Waals surface area (Å²) in [7, 11) is 0. The highest BCUT2D eigenvalue weighted by molar-refractivity contribution is 5.85. The molecular formula is C26H37NO3. The average molecular weight is 412 g/mol. The highest BCUT2D eigenvalue weighted by atomic mass is 16.5. The SMILES string of the molecule is CCCCCCCCOc1ccc(C=Nc2ccc(OC[C@@H](C)CC)cc2)c(O)c1. The van der Waals surface area contributed by atoms with E-state index in [0.717, 1.165) is 30.9 Å². The molecule has 30 heavy (non-hydrogen) atoms. The molecule has 0 aliphatic carbocycles. The van der Waals surface area contributed by atoms with Gasteiger partial charge in [-0.2, -0.15) is 0 Å². The van der Waals surface area contributed by atoms with Crippen molar-refractivity contribution in [2.24, 2.45) is 10.9 Å². The quantitative estimate of drug-likeness (QED) is 0.262. The third-order valence-corrected chi connectivity index (χ3v) is 5.19. The molecule has 0 aromatic heterocycles. The van der Waals surface area contributed by atoms with E-state index in [0.29, 0.717) is 23.8 Å². The number of rotatable bonds is 14. The van der Waals surface area contributed by atoms with Crippen LogP contribution in [0.5, 0.6) is 17.2 Å². The fraction of sp³-hybridized carbons (Fsp3) is 0.500. The van der Waals surface area contributed by atoms with Gasteiger partial charge in [0.15, 0.2) is 0 Å². The predicted octanol–water partition coefficient (Wildman–Crippen LogP) is 7.31.